The number of aromatic hydroxyl groups is 1. The van der Waals surface area contributed by atoms with Crippen LogP contribution in [0.4, 0.5) is 0 Å². The minimum Gasteiger partial charge on any atom is -0.508 e. The molecule has 4 nitrogen and oxygen atoms in total. The van der Waals surface area contributed by atoms with Crippen LogP contribution < -0.4 is 4.74 Å². The number of nitrogens with zero attached hydrogens (tertiary/aromatic N) is 1. The lowest BCUT2D eigenvalue weighted by atomic mass is 10.1. The summed E-state index contributed by atoms with van der Waals surface area (Å²) in [6.07, 6.45) is 2.74. The van der Waals surface area contributed by atoms with Crippen LogP contribution in [0.3, 0.4) is 0 Å². The van der Waals surface area contributed by atoms with Crippen molar-refractivity contribution in [3.8, 4) is 11.5 Å². The average Bonchev–Trinajstić information content (AvgIpc) is 2.43. The third-order valence-corrected chi connectivity index (χ3v) is 3.72. The first-order valence-corrected chi connectivity index (χ1v) is 8.14. The van der Waals surface area contributed by atoms with E-state index < -0.39 is 0 Å². The molecule has 0 aromatic heterocycles. The summed E-state index contributed by atoms with van der Waals surface area (Å²) < 4.78 is 5.56. The Balaban J connectivity index is 2.18. The average molecular weight is 348 g/mol. The quantitative estimate of drug-likeness (QED) is 0.374. The van der Waals surface area contributed by atoms with E-state index in [1.54, 1.807) is 0 Å². The zero-order valence-corrected chi connectivity index (χ0v) is 14.7. The highest BCUT2D eigenvalue weighted by Crippen LogP contribution is 2.36. The Kier molecular flexibility index (Phi) is 8.43. The molecule has 6 heteroatoms. The van der Waals surface area contributed by atoms with Crippen LogP contribution in [0.2, 0.25) is 10.0 Å². The Labute approximate surface area is 142 Å². The molecule has 0 spiro atoms. The molecule has 0 aliphatic rings. The molecule has 1 aromatic carbocycles. The third kappa shape index (κ3) is 6.75. The van der Waals surface area contributed by atoms with Gasteiger partial charge in [0.2, 0.25) is 0 Å². The van der Waals surface area contributed by atoms with Crippen LogP contribution in [0.25, 0.3) is 0 Å². The van der Waals surface area contributed by atoms with E-state index in [1.165, 1.54) is 12.1 Å². The molecule has 0 aliphatic carbocycles. The molecular formula is C16H23Cl2NO3. The van der Waals surface area contributed by atoms with E-state index in [4.69, 9.17) is 32.8 Å². The highest BCUT2D eigenvalue weighted by Gasteiger charge is 2.09. The van der Waals surface area contributed by atoms with Gasteiger partial charge in [-0.25, -0.2) is 0 Å². The van der Waals surface area contributed by atoms with Gasteiger partial charge in [0.05, 0.1) is 22.4 Å². The maximum Gasteiger partial charge on any atom is 0.156 e. The summed E-state index contributed by atoms with van der Waals surface area (Å²) in [5, 5.41) is 14.0. The van der Waals surface area contributed by atoms with Crippen molar-refractivity contribution in [1.29, 1.82) is 0 Å². The lowest BCUT2D eigenvalue weighted by Crippen LogP contribution is -2.03. The molecule has 0 radical (unpaired) electrons. The highest BCUT2D eigenvalue weighted by atomic mass is 35.5. The largest absolute Gasteiger partial charge is 0.508 e. The molecule has 0 saturated carbocycles. The molecule has 0 bridgehead atoms. The third-order valence-electron chi connectivity index (χ3n) is 3.15. The number of halogens is 2. The van der Waals surface area contributed by atoms with Crippen LogP contribution in [-0.2, 0) is 4.84 Å². The van der Waals surface area contributed by atoms with Crippen LogP contribution in [0, 0.1) is 5.92 Å². The summed E-state index contributed by atoms with van der Waals surface area (Å²) >= 11 is 11.9. The molecule has 22 heavy (non-hydrogen) atoms. The Hall–Kier alpha value is -1.13. The van der Waals surface area contributed by atoms with Crippen molar-refractivity contribution in [3.63, 3.8) is 0 Å². The predicted molar refractivity (Wildman–Crippen MR) is 91.4 cm³/mol. The molecule has 124 valence electrons. The van der Waals surface area contributed by atoms with Crippen LogP contribution >= 0.6 is 23.2 Å². The molecule has 0 atom stereocenters. The number of ether oxygens (including phenoxy) is 1. The minimum absolute atomic E-state index is 0.0248. The zero-order chi connectivity index (χ0) is 16.5. The molecule has 0 fully saturated rings. The van der Waals surface area contributed by atoms with E-state index in [0.29, 0.717) is 34.9 Å². The normalized spacial score (nSPS) is 11.8. The molecular weight excluding hydrogens is 325 g/mol. The van der Waals surface area contributed by atoms with Gasteiger partial charge >= 0.3 is 0 Å². The van der Waals surface area contributed by atoms with Gasteiger partial charge in [-0.05, 0) is 32.1 Å². The Morgan fingerprint density at radius 3 is 2.32 bits per heavy atom. The number of hydrogen-bond acceptors (Lipinski definition) is 4. The lowest BCUT2D eigenvalue weighted by molar-refractivity contribution is 0.137. The van der Waals surface area contributed by atoms with Gasteiger partial charge in [0.1, 0.15) is 12.4 Å². The maximum absolute atomic E-state index is 9.33. The zero-order valence-electron chi connectivity index (χ0n) is 13.2. The Morgan fingerprint density at radius 2 is 1.73 bits per heavy atom. The second kappa shape index (κ2) is 9.80. The predicted octanol–water partition coefficient (Wildman–Crippen LogP) is 5.30. The second-order valence-electron chi connectivity index (χ2n) is 5.37. The highest BCUT2D eigenvalue weighted by molar-refractivity contribution is 6.37. The van der Waals surface area contributed by atoms with Gasteiger partial charge in [-0.1, -0.05) is 42.2 Å². The van der Waals surface area contributed by atoms with Crippen LogP contribution in [0.15, 0.2) is 17.3 Å². The van der Waals surface area contributed by atoms with Crippen molar-refractivity contribution >= 4 is 28.9 Å². The first kappa shape index (κ1) is 18.9. The van der Waals surface area contributed by atoms with Gasteiger partial charge in [0.15, 0.2) is 5.75 Å². The minimum atomic E-state index is 0.0248. The van der Waals surface area contributed by atoms with Crippen molar-refractivity contribution in [1.82, 2.24) is 0 Å². The van der Waals surface area contributed by atoms with Gasteiger partial charge in [0, 0.05) is 12.1 Å². The molecule has 1 aromatic rings. The number of hydrogen-bond donors (Lipinski definition) is 1. The maximum atomic E-state index is 9.33. The molecule has 1 N–H and O–H groups in total. The summed E-state index contributed by atoms with van der Waals surface area (Å²) in [6.45, 7) is 7.24. The van der Waals surface area contributed by atoms with Crippen LogP contribution in [-0.4, -0.2) is 24.0 Å². The number of phenolic OH excluding ortho intramolecular Hbond substituents is 1. The first-order valence-electron chi connectivity index (χ1n) is 7.39. The van der Waals surface area contributed by atoms with Crippen molar-refractivity contribution in [2.75, 3.05) is 13.2 Å². The fourth-order valence-corrected chi connectivity index (χ4v) is 2.14. The van der Waals surface area contributed by atoms with Gasteiger partial charge < -0.3 is 14.7 Å². The number of phenols is 1. The summed E-state index contributed by atoms with van der Waals surface area (Å²) in [7, 11) is 0. The Morgan fingerprint density at radius 1 is 1.14 bits per heavy atom. The summed E-state index contributed by atoms with van der Waals surface area (Å²) in [6, 6.07) is 2.82. The molecule has 0 aliphatic heterocycles. The van der Waals surface area contributed by atoms with Gasteiger partial charge in [-0.2, -0.15) is 0 Å². The van der Waals surface area contributed by atoms with Crippen molar-refractivity contribution in [2.24, 2.45) is 11.1 Å². The number of benzene rings is 1. The Bertz CT molecular complexity index is 481. The van der Waals surface area contributed by atoms with E-state index in [9.17, 15) is 5.11 Å². The monoisotopic (exact) mass is 347 g/mol. The van der Waals surface area contributed by atoms with E-state index in [2.05, 4.69) is 19.0 Å². The smallest absolute Gasteiger partial charge is 0.156 e. The van der Waals surface area contributed by atoms with Gasteiger partial charge in [-0.3, -0.25) is 0 Å². The van der Waals surface area contributed by atoms with E-state index >= 15 is 0 Å². The number of rotatable bonds is 9. The molecule has 0 heterocycles. The second-order valence-corrected chi connectivity index (χ2v) is 6.18. The summed E-state index contributed by atoms with van der Waals surface area (Å²) in [5.41, 5.74) is 1.000. The number of oxime groups is 1. The standard InChI is InChI=1S/C16H23Cl2NO3/c1-11(2)12(3)19-22-8-6-4-5-7-21-16-14(17)9-13(20)10-15(16)18/h9-11,20H,4-8H2,1-3H3/b19-12+. The van der Waals surface area contributed by atoms with Crippen molar-refractivity contribution < 1.29 is 14.7 Å². The fourth-order valence-electron chi connectivity index (χ4n) is 1.56. The molecule has 0 amide bonds. The van der Waals surface area contributed by atoms with Crippen LogP contribution in [0.5, 0.6) is 11.5 Å². The van der Waals surface area contributed by atoms with E-state index in [0.717, 1.165) is 25.0 Å². The molecule has 1 rings (SSSR count). The summed E-state index contributed by atoms with van der Waals surface area (Å²) in [4.78, 5) is 5.25. The topological polar surface area (TPSA) is 51.0 Å². The van der Waals surface area contributed by atoms with E-state index in [1.807, 2.05) is 6.92 Å². The molecule has 0 unspecified atom stereocenters. The molecule has 0 saturated heterocycles. The number of unbranched alkanes of at least 4 members (excludes halogenated alkanes) is 2. The summed E-state index contributed by atoms with van der Waals surface area (Å²) in [5.74, 6) is 0.847. The van der Waals surface area contributed by atoms with Gasteiger partial charge in [0.25, 0.3) is 0 Å². The van der Waals surface area contributed by atoms with Crippen LogP contribution in [0.1, 0.15) is 40.0 Å². The van der Waals surface area contributed by atoms with Crippen molar-refractivity contribution in [3.05, 3.63) is 22.2 Å². The fraction of sp³-hybridized carbons (Fsp3) is 0.562. The van der Waals surface area contributed by atoms with Crippen molar-refractivity contribution in [2.45, 2.75) is 40.0 Å². The SMILES string of the molecule is C/C(=N\OCCCCCOc1c(Cl)cc(O)cc1Cl)C(C)C. The van der Waals surface area contributed by atoms with E-state index in [-0.39, 0.29) is 5.75 Å². The first-order chi connectivity index (χ1) is 10.4. The van der Waals surface area contributed by atoms with Gasteiger partial charge in [-0.15, -0.1) is 0 Å². The lowest BCUT2D eigenvalue weighted by Gasteiger charge is -2.10.